The van der Waals surface area contributed by atoms with Gasteiger partial charge in [0.1, 0.15) is 5.67 Å². The van der Waals surface area contributed by atoms with E-state index in [2.05, 4.69) is 0 Å². The molecule has 0 aromatic rings. The van der Waals surface area contributed by atoms with Crippen LogP contribution in [0, 0.1) is 22.7 Å². The maximum absolute atomic E-state index is 17.2. The summed E-state index contributed by atoms with van der Waals surface area (Å²) in [7, 11) is 0. The van der Waals surface area contributed by atoms with E-state index in [-0.39, 0.29) is 31.0 Å². The highest BCUT2D eigenvalue weighted by Gasteiger charge is 2.76. The van der Waals surface area contributed by atoms with Crippen LogP contribution in [0.5, 0.6) is 0 Å². The molecule has 0 spiro atoms. The van der Waals surface area contributed by atoms with Crippen LogP contribution in [0.15, 0.2) is 11.6 Å². The third kappa shape index (κ3) is 3.32. The molecule has 1 N–H and O–H groups in total. The van der Waals surface area contributed by atoms with Crippen LogP contribution in [-0.4, -0.2) is 51.1 Å². The Morgan fingerprint density at radius 2 is 1.91 bits per heavy atom. The zero-order valence-corrected chi connectivity index (χ0v) is 20.8. The molecule has 4 aliphatic carbocycles. The largest absolute Gasteiger partial charge is 0.446 e. The van der Waals surface area contributed by atoms with Gasteiger partial charge in [-0.05, 0) is 50.5 Å². The number of aliphatic hydroxyl groups is 1. The van der Waals surface area contributed by atoms with Gasteiger partial charge in [0.25, 0.3) is 0 Å². The van der Waals surface area contributed by atoms with Gasteiger partial charge in [0.15, 0.2) is 11.8 Å². The SMILES string of the molecule is C[C@]12CCC(=O)C=C1CC[C@H]1[C@@H]3CC[C@](OC(=O)C(Cl)Cl)(C(=O)OCCl)[C@@]3(C)C[C@H](O)[C@@]12F. The average molecular weight is 526 g/mol. The molecule has 4 aliphatic rings. The van der Waals surface area contributed by atoms with Crippen LogP contribution in [0.3, 0.4) is 0 Å². The van der Waals surface area contributed by atoms with Gasteiger partial charge in [-0.25, -0.2) is 14.0 Å². The number of rotatable bonds is 4. The van der Waals surface area contributed by atoms with Crippen molar-refractivity contribution in [3.63, 3.8) is 0 Å². The minimum atomic E-state index is -1.99. The van der Waals surface area contributed by atoms with Crippen molar-refractivity contribution in [3.05, 3.63) is 11.6 Å². The van der Waals surface area contributed by atoms with Crippen LogP contribution in [0.2, 0.25) is 0 Å². The highest BCUT2D eigenvalue weighted by Crippen LogP contribution is 2.71. The summed E-state index contributed by atoms with van der Waals surface area (Å²) in [5, 5.41) is 11.4. The zero-order chi connectivity index (χ0) is 24.4. The number of carbonyl (C=O) groups excluding carboxylic acids is 3. The van der Waals surface area contributed by atoms with E-state index >= 15 is 4.39 Å². The summed E-state index contributed by atoms with van der Waals surface area (Å²) >= 11 is 17.1. The van der Waals surface area contributed by atoms with Crippen LogP contribution in [0.4, 0.5) is 4.39 Å². The molecular formula is C23H28Cl3FO6. The Labute approximate surface area is 207 Å². The fourth-order valence-corrected chi connectivity index (χ4v) is 7.67. The van der Waals surface area contributed by atoms with Gasteiger partial charge in [0.2, 0.25) is 10.4 Å². The molecule has 0 aliphatic heterocycles. The predicted molar refractivity (Wildman–Crippen MR) is 120 cm³/mol. The van der Waals surface area contributed by atoms with Gasteiger partial charge in [0, 0.05) is 23.2 Å². The van der Waals surface area contributed by atoms with Gasteiger partial charge >= 0.3 is 11.9 Å². The molecule has 0 aromatic heterocycles. The molecule has 33 heavy (non-hydrogen) atoms. The Morgan fingerprint density at radius 3 is 2.55 bits per heavy atom. The highest BCUT2D eigenvalue weighted by atomic mass is 35.5. The third-order valence-corrected chi connectivity index (χ3v) is 9.60. The Kier molecular flexibility index (Phi) is 6.38. The first-order chi connectivity index (χ1) is 15.4. The molecule has 0 aromatic carbocycles. The van der Waals surface area contributed by atoms with E-state index in [0.717, 1.165) is 5.57 Å². The number of ketones is 1. The van der Waals surface area contributed by atoms with Crippen LogP contribution >= 0.6 is 34.8 Å². The minimum Gasteiger partial charge on any atom is -0.446 e. The molecule has 4 rings (SSSR count). The lowest BCUT2D eigenvalue weighted by Gasteiger charge is -2.63. The first-order valence-corrected chi connectivity index (χ1v) is 12.6. The van der Waals surface area contributed by atoms with Crippen molar-refractivity contribution in [2.75, 3.05) is 6.07 Å². The van der Waals surface area contributed by atoms with Crippen molar-refractivity contribution < 1.29 is 33.4 Å². The molecular weight excluding hydrogens is 498 g/mol. The second kappa shape index (κ2) is 8.35. The van der Waals surface area contributed by atoms with Gasteiger partial charge in [0.05, 0.1) is 6.10 Å². The van der Waals surface area contributed by atoms with E-state index in [4.69, 9.17) is 44.3 Å². The van der Waals surface area contributed by atoms with Crippen molar-refractivity contribution >= 4 is 52.5 Å². The van der Waals surface area contributed by atoms with Crippen molar-refractivity contribution in [1.82, 2.24) is 0 Å². The molecule has 10 heteroatoms. The minimum absolute atomic E-state index is 0.0213. The number of halogens is 4. The third-order valence-electron chi connectivity index (χ3n) is 9.13. The smallest absolute Gasteiger partial charge is 0.352 e. The van der Waals surface area contributed by atoms with Crippen LogP contribution in [0.1, 0.15) is 58.8 Å². The fraction of sp³-hybridized carbons (Fsp3) is 0.783. The summed E-state index contributed by atoms with van der Waals surface area (Å²) in [5.74, 6) is -2.87. The number of hydrogen-bond acceptors (Lipinski definition) is 6. The average Bonchev–Trinajstić information content (AvgIpc) is 3.02. The summed E-state index contributed by atoms with van der Waals surface area (Å²) in [6, 6.07) is -0.455. The molecule has 0 bridgehead atoms. The molecule has 3 fully saturated rings. The monoisotopic (exact) mass is 524 g/mol. The number of aliphatic hydroxyl groups excluding tert-OH is 1. The number of alkyl halides is 4. The number of hydrogen-bond donors (Lipinski definition) is 1. The van der Waals surface area contributed by atoms with Gasteiger partial charge in [-0.1, -0.05) is 54.2 Å². The summed E-state index contributed by atoms with van der Waals surface area (Å²) in [5.41, 5.74) is -5.16. The molecule has 0 unspecified atom stereocenters. The van der Waals surface area contributed by atoms with Crippen molar-refractivity contribution in [1.29, 1.82) is 0 Å². The number of carbonyl (C=O) groups is 3. The first kappa shape index (κ1) is 25.2. The molecule has 7 atom stereocenters. The van der Waals surface area contributed by atoms with Gasteiger partial charge in [-0.2, -0.15) is 0 Å². The standard InChI is InChI=1S/C23H28Cl3FO6/c1-20-7-5-13(28)9-12(20)3-4-15-14-6-8-22(19(31)32-11-24,33-18(30)17(25)26)21(14,2)10-16(29)23(15,20)27/h9,14-17,29H,3-8,10-11H2,1-2H3/t14-,15-,16-,20-,21-,22-,23-/m0/s1. The van der Waals surface area contributed by atoms with Crippen LogP contribution < -0.4 is 0 Å². The van der Waals surface area contributed by atoms with Crippen LogP contribution in [-0.2, 0) is 23.9 Å². The van der Waals surface area contributed by atoms with Crippen molar-refractivity contribution in [2.45, 2.75) is 81.0 Å². The quantitative estimate of drug-likeness (QED) is 0.432. The molecule has 3 saturated carbocycles. The van der Waals surface area contributed by atoms with Gasteiger partial charge < -0.3 is 14.6 Å². The molecule has 0 radical (unpaired) electrons. The Balaban J connectivity index is 1.79. The van der Waals surface area contributed by atoms with Crippen molar-refractivity contribution in [2.24, 2.45) is 22.7 Å². The Morgan fingerprint density at radius 1 is 1.21 bits per heavy atom. The second-order valence-corrected chi connectivity index (χ2v) is 11.6. The maximum Gasteiger partial charge on any atom is 0.352 e. The summed E-state index contributed by atoms with van der Waals surface area (Å²) in [6.45, 7) is 3.52. The zero-order valence-electron chi connectivity index (χ0n) is 18.5. The normalized spacial score (nSPS) is 44.4. The molecule has 184 valence electrons. The van der Waals surface area contributed by atoms with Gasteiger partial charge in [-0.3, -0.25) is 4.79 Å². The predicted octanol–water partition coefficient (Wildman–Crippen LogP) is 4.41. The fourth-order valence-electron chi connectivity index (χ4n) is 7.49. The van der Waals surface area contributed by atoms with E-state index in [1.807, 2.05) is 0 Å². The second-order valence-electron chi connectivity index (χ2n) is 10.3. The lowest BCUT2D eigenvalue weighted by Crippen LogP contribution is -2.70. The molecule has 0 amide bonds. The van der Waals surface area contributed by atoms with E-state index in [1.165, 1.54) is 0 Å². The van der Waals surface area contributed by atoms with Gasteiger partial charge in [-0.15, -0.1) is 0 Å². The molecule has 0 saturated heterocycles. The Bertz CT molecular complexity index is 911. The maximum atomic E-state index is 17.2. The number of fused-ring (bicyclic) bond motifs is 5. The number of allylic oxidation sites excluding steroid dienone is 1. The summed E-state index contributed by atoms with van der Waals surface area (Å²) in [6.07, 6.45) is 1.90. The van der Waals surface area contributed by atoms with E-state index in [9.17, 15) is 19.5 Å². The van der Waals surface area contributed by atoms with E-state index in [1.54, 1.807) is 19.9 Å². The van der Waals surface area contributed by atoms with Crippen LogP contribution in [0.25, 0.3) is 0 Å². The first-order valence-electron chi connectivity index (χ1n) is 11.2. The van der Waals surface area contributed by atoms with E-state index < -0.39 is 57.0 Å². The topological polar surface area (TPSA) is 89.9 Å². The number of esters is 2. The Hall–Kier alpha value is -0.890. The summed E-state index contributed by atoms with van der Waals surface area (Å²) < 4.78 is 27.9. The van der Waals surface area contributed by atoms with Crippen molar-refractivity contribution in [3.8, 4) is 0 Å². The molecule has 6 nitrogen and oxygen atoms in total. The lowest BCUT2D eigenvalue weighted by molar-refractivity contribution is -0.238. The molecule has 0 heterocycles. The lowest BCUT2D eigenvalue weighted by atomic mass is 9.44. The summed E-state index contributed by atoms with van der Waals surface area (Å²) in [4.78, 5) is 36.1. The van der Waals surface area contributed by atoms with E-state index in [0.29, 0.717) is 25.7 Å². The number of ether oxygens (including phenoxy) is 2. The highest BCUT2D eigenvalue weighted by molar-refractivity contribution is 6.53.